The highest BCUT2D eigenvalue weighted by molar-refractivity contribution is 5.50. The molecule has 1 aromatic carbocycles. The fraction of sp³-hybridized carbons (Fsp3) is 0.571. The summed E-state index contributed by atoms with van der Waals surface area (Å²) in [5, 5.41) is 3.26. The molecule has 0 atom stereocenters. The van der Waals surface area contributed by atoms with Crippen molar-refractivity contribution >= 4 is 0 Å². The van der Waals surface area contributed by atoms with E-state index in [0.717, 1.165) is 31.7 Å². The number of halogens is 2. The van der Waals surface area contributed by atoms with Gasteiger partial charge in [0.1, 0.15) is 0 Å². The largest absolute Gasteiger partial charge is 0.493 e. The van der Waals surface area contributed by atoms with Crippen LogP contribution in [0.3, 0.4) is 0 Å². The normalized spacial score (nSPS) is 16.4. The quantitative estimate of drug-likeness (QED) is 0.898. The molecule has 1 aliphatic rings. The molecule has 0 radical (unpaired) electrons. The predicted molar refractivity (Wildman–Crippen MR) is 72.6 cm³/mol. The smallest absolute Gasteiger partial charge is 0.263 e. The Balaban J connectivity index is 2.29. The van der Waals surface area contributed by atoms with Gasteiger partial charge in [0.05, 0.1) is 14.2 Å². The standard InChI is InChI=1S/C14H20F2N2O2/c1-19-12-8-10(14(15)16)7-11(13(12)20-2)9-18-5-3-17-4-6-18/h7-8,14,17H,3-6,9H2,1-2H3. The molecule has 1 saturated heterocycles. The van der Waals surface area contributed by atoms with E-state index in [2.05, 4.69) is 10.2 Å². The molecule has 0 saturated carbocycles. The fourth-order valence-electron chi connectivity index (χ4n) is 2.42. The van der Waals surface area contributed by atoms with Crippen LogP contribution in [0.1, 0.15) is 17.6 Å². The van der Waals surface area contributed by atoms with Crippen molar-refractivity contribution in [2.45, 2.75) is 13.0 Å². The summed E-state index contributed by atoms with van der Waals surface area (Å²) in [6.45, 7) is 4.19. The molecule has 0 aromatic heterocycles. The molecule has 1 aliphatic heterocycles. The third kappa shape index (κ3) is 3.37. The van der Waals surface area contributed by atoms with Crippen molar-refractivity contribution in [2.24, 2.45) is 0 Å². The van der Waals surface area contributed by atoms with E-state index in [0.29, 0.717) is 18.0 Å². The third-order valence-corrected chi connectivity index (χ3v) is 3.43. The number of benzene rings is 1. The van der Waals surface area contributed by atoms with Crippen LogP contribution in [0.25, 0.3) is 0 Å². The molecule has 2 rings (SSSR count). The van der Waals surface area contributed by atoms with Gasteiger partial charge in [0.2, 0.25) is 0 Å². The summed E-state index contributed by atoms with van der Waals surface area (Å²) in [5.41, 5.74) is 0.705. The first kappa shape index (κ1) is 15.0. The summed E-state index contributed by atoms with van der Waals surface area (Å²) in [4.78, 5) is 2.21. The van der Waals surface area contributed by atoms with Gasteiger partial charge in [-0.1, -0.05) is 0 Å². The number of ether oxygens (including phenoxy) is 2. The minimum atomic E-state index is -2.52. The van der Waals surface area contributed by atoms with Gasteiger partial charge in [-0.05, 0) is 12.1 Å². The summed E-state index contributed by atoms with van der Waals surface area (Å²) in [5.74, 6) is 0.894. The van der Waals surface area contributed by atoms with Crippen LogP contribution in [0.5, 0.6) is 11.5 Å². The van der Waals surface area contributed by atoms with Gasteiger partial charge in [0.15, 0.2) is 11.5 Å². The Bertz CT molecular complexity index is 449. The average molecular weight is 286 g/mol. The van der Waals surface area contributed by atoms with E-state index in [-0.39, 0.29) is 5.56 Å². The van der Waals surface area contributed by atoms with Crippen LogP contribution in [0.4, 0.5) is 8.78 Å². The molecule has 20 heavy (non-hydrogen) atoms. The predicted octanol–water partition coefficient (Wildman–Crippen LogP) is 2.05. The number of piperazine rings is 1. The summed E-state index contributed by atoms with van der Waals surface area (Å²) in [6, 6.07) is 2.85. The molecule has 1 fully saturated rings. The molecule has 4 nitrogen and oxygen atoms in total. The van der Waals surface area contributed by atoms with E-state index in [1.54, 1.807) is 0 Å². The van der Waals surface area contributed by atoms with Gasteiger partial charge in [-0.25, -0.2) is 8.78 Å². The highest BCUT2D eigenvalue weighted by Crippen LogP contribution is 2.36. The van der Waals surface area contributed by atoms with Gasteiger partial charge in [-0.15, -0.1) is 0 Å². The van der Waals surface area contributed by atoms with Crippen LogP contribution in [-0.2, 0) is 6.54 Å². The number of rotatable bonds is 5. The first-order valence-corrected chi connectivity index (χ1v) is 6.61. The lowest BCUT2D eigenvalue weighted by atomic mass is 10.1. The monoisotopic (exact) mass is 286 g/mol. The molecule has 0 amide bonds. The highest BCUT2D eigenvalue weighted by atomic mass is 19.3. The van der Waals surface area contributed by atoms with Gasteiger partial charge in [0, 0.05) is 43.9 Å². The van der Waals surface area contributed by atoms with Crippen LogP contribution in [0.15, 0.2) is 12.1 Å². The molecule has 0 bridgehead atoms. The maximum atomic E-state index is 13.0. The first-order valence-electron chi connectivity index (χ1n) is 6.61. The van der Waals surface area contributed by atoms with Crippen molar-refractivity contribution in [1.29, 1.82) is 0 Å². The van der Waals surface area contributed by atoms with E-state index >= 15 is 0 Å². The maximum Gasteiger partial charge on any atom is 0.263 e. The lowest BCUT2D eigenvalue weighted by Gasteiger charge is -2.28. The molecule has 112 valence electrons. The lowest BCUT2D eigenvalue weighted by Crippen LogP contribution is -2.42. The summed E-state index contributed by atoms with van der Waals surface area (Å²) in [6.07, 6.45) is -2.52. The van der Waals surface area contributed by atoms with Crippen molar-refractivity contribution in [3.8, 4) is 11.5 Å². The number of nitrogens with zero attached hydrogens (tertiary/aromatic N) is 1. The zero-order valence-electron chi connectivity index (χ0n) is 11.8. The zero-order valence-corrected chi connectivity index (χ0v) is 11.8. The molecule has 1 N–H and O–H groups in total. The van der Waals surface area contributed by atoms with Crippen molar-refractivity contribution in [2.75, 3.05) is 40.4 Å². The number of hydrogen-bond acceptors (Lipinski definition) is 4. The SMILES string of the molecule is COc1cc(C(F)F)cc(CN2CCNCC2)c1OC. The zero-order chi connectivity index (χ0) is 14.5. The Morgan fingerprint density at radius 2 is 1.90 bits per heavy atom. The van der Waals surface area contributed by atoms with Gasteiger partial charge in [0.25, 0.3) is 6.43 Å². The lowest BCUT2D eigenvalue weighted by molar-refractivity contribution is 0.150. The van der Waals surface area contributed by atoms with Crippen molar-refractivity contribution in [3.63, 3.8) is 0 Å². The summed E-state index contributed by atoms with van der Waals surface area (Å²) in [7, 11) is 2.99. The van der Waals surface area contributed by atoms with E-state index in [1.165, 1.54) is 26.4 Å². The second-order valence-electron chi connectivity index (χ2n) is 4.74. The second kappa shape index (κ2) is 6.85. The van der Waals surface area contributed by atoms with Crippen LogP contribution in [0, 0.1) is 0 Å². The Morgan fingerprint density at radius 3 is 2.45 bits per heavy atom. The topological polar surface area (TPSA) is 33.7 Å². The van der Waals surface area contributed by atoms with Crippen LogP contribution in [-0.4, -0.2) is 45.3 Å². The van der Waals surface area contributed by atoms with Crippen LogP contribution >= 0.6 is 0 Å². The number of alkyl halides is 2. The Kier molecular flexibility index (Phi) is 5.14. The van der Waals surface area contributed by atoms with Gasteiger partial charge < -0.3 is 14.8 Å². The minimum absolute atomic E-state index is 0.0345. The molecular weight excluding hydrogens is 266 g/mol. The third-order valence-electron chi connectivity index (χ3n) is 3.43. The fourth-order valence-corrected chi connectivity index (χ4v) is 2.42. The molecule has 0 spiro atoms. The molecule has 0 aliphatic carbocycles. The maximum absolute atomic E-state index is 13.0. The van der Waals surface area contributed by atoms with Gasteiger partial charge >= 0.3 is 0 Å². The van der Waals surface area contributed by atoms with E-state index in [4.69, 9.17) is 9.47 Å². The summed E-state index contributed by atoms with van der Waals surface area (Å²) < 4.78 is 36.4. The summed E-state index contributed by atoms with van der Waals surface area (Å²) >= 11 is 0. The molecular formula is C14H20F2N2O2. The second-order valence-corrected chi connectivity index (χ2v) is 4.74. The van der Waals surface area contributed by atoms with Crippen molar-refractivity contribution in [3.05, 3.63) is 23.3 Å². The van der Waals surface area contributed by atoms with Crippen molar-refractivity contribution < 1.29 is 18.3 Å². The van der Waals surface area contributed by atoms with E-state index in [1.807, 2.05) is 0 Å². The minimum Gasteiger partial charge on any atom is -0.493 e. The number of methoxy groups -OCH3 is 2. The Morgan fingerprint density at radius 1 is 1.20 bits per heavy atom. The average Bonchev–Trinajstić information content (AvgIpc) is 2.47. The molecule has 6 heteroatoms. The number of hydrogen-bond donors (Lipinski definition) is 1. The molecule has 0 unspecified atom stereocenters. The Labute approximate surface area is 117 Å². The van der Waals surface area contributed by atoms with Gasteiger partial charge in [-0.3, -0.25) is 4.90 Å². The van der Waals surface area contributed by atoms with Crippen LogP contribution in [0.2, 0.25) is 0 Å². The number of nitrogens with one attached hydrogen (secondary N) is 1. The first-order chi connectivity index (χ1) is 9.65. The van der Waals surface area contributed by atoms with Crippen LogP contribution < -0.4 is 14.8 Å². The molecule has 1 aromatic rings. The van der Waals surface area contributed by atoms with Crippen molar-refractivity contribution in [1.82, 2.24) is 10.2 Å². The molecule has 1 heterocycles. The van der Waals surface area contributed by atoms with E-state index < -0.39 is 6.43 Å². The van der Waals surface area contributed by atoms with Gasteiger partial charge in [-0.2, -0.15) is 0 Å². The van der Waals surface area contributed by atoms with E-state index in [9.17, 15) is 8.78 Å². The highest BCUT2D eigenvalue weighted by Gasteiger charge is 2.19. The Hall–Kier alpha value is -1.40.